The lowest BCUT2D eigenvalue weighted by molar-refractivity contribution is -0.138. The zero-order valence-electron chi connectivity index (χ0n) is 13.0. The van der Waals surface area contributed by atoms with E-state index in [2.05, 4.69) is 14.7 Å². The quantitative estimate of drug-likeness (QED) is 0.931. The molecule has 8 heteroatoms. The second-order valence-corrected chi connectivity index (χ2v) is 6.30. The maximum absolute atomic E-state index is 12.4. The Hall–Kier alpha value is -2.22. The van der Waals surface area contributed by atoms with Crippen molar-refractivity contribution in [2.75, 3.05) is 11.9 Å². The summed E-state index contributed by atoms with van der Waals surface area (Å²) in [6.45, 7) is 3.96. The molecule has 1 aliphatic rings. The van der Waals surface area contributed by atoms with Gasteiger partial charge in [0.25, 0.3) is 0 Å². The lowest BCUT2D eigenvalue weighted by Gasteiger charge is -2.33. The highest BCUT2D eigenvalue weighted by Crippen LogP contribution is 2.24. The van der Waals surface area contributed by atoms with Crippen molar-refractivity contribution < 1.29 is 14.0 Å². The molecule has 122 valence electrons. The van der Waals surface area contributed by atoms with Crippen molar-refractivity contribution in [2.45, 2.75) is 39.2 Å². The van der Waals surface area contributed by atoms with Crippen LogP contribution in [0.1, 0.15) is 31.9 Å². The Balaban J connectivity index is 1.70. The van der Waals surface area contributed by atoms with Gasteiger partial charge in [0.05, 0.1) is 0 Å². The smallest absolute Gasteiger partial charge is 0.248 e. The minimum Gasteiger partial charge on any atom is -0.458 e. The molecule has 0 aliphatic carbocycles. The van der Waals surface area contributed by atoms with E-state index in [0.717, 1.165) is 30.1 Å². The number of amides is 2. The highest BCUT2D eigenvalue weighted by atomic mass is 32.1. The predicted octanol–water partition coefficient (Wildman–Crippen LogP) is 2.45. The molecular formula is C15H18N4O3S. The fraction of sp³-hybridized carbons (Fsp3) is 0.467. The molecule has 7 nitrogen and oxygen atoms in total. The van der Waals surface area contributed by atoms with Crippen LogP contribution in [0.5, 0.6) is 0 Å². The molecule has 0 radical (unpaired) electrons. The summed E-state index contributed by atoms with van der Waals surface area (Å²) in [6, 6.07) is 3.20. The van der Waals surface area contributed by atoms with Crippen LogP contribution in [-0.2, 0) is 9.59 Å². The molecule has 1 atom stereocenters. The molecule has 0 unspecified atom stereocenters. The Bertz CT molecular complexity index is 724. The van der Waals surface area contributed by atoms with Gasteiger partial charge in [-0.1, -0.05) is 0 Å². The summed E-state index contributed by atoms with van der Waals surface area (Å²) in [7, 11) is 0. The number of nitrogens with one attached hydrogen (secondary N) is 1. The monoisotopic (exact) mass is 334 g/mol. The summed E-state index contributed by atoms with van der Waals surface area (Å²) in [6.07, 6.45) is 2.55. The number of anilines is 1. The number of likely N-dealkylation sites (tertiary alicyclic amines) is 1. The fourth-order valence-corrected chi connectivity index (χ4v) is 3.28. The van der Waals surface area contributed by atoms with E-state index < -0.39 is 6.04 Å². The van der Waals surface area contributed by atoms with E-state index in [4.69, 9.17) is 4.42 Å². The van der Waals surface area contributed by atoms with Crippen molar-refractivity contribution in [2.24, 2.45) is 0 Å². The van der Waals surface area contributed by atoms with Gasteiger partial charge < -0.3 is 9.32 Å². The van der Waals surface area contributed by atoms with Gasteiger partial charge in [-0.3, -0.25) is 14.9 Å². The molecule has 2 amide bonds. The molecule has 23 heavy (non-hydrogen) atoms. The maximum Gasteiger partial charge on any atom is 0.248 e. The van der Waals surface area contributed by atoms with Crippen LogP contribution in [-0.4, -0.2) is 38.7 Å². The molecule has 0 spiro atoms. The van der Waals surface area contributed by atoms with Gasteiger partial charge in [0.15, 0.2) is 5.76 Å². The molecular weight excluding hydrogens is 316 g/mol. The Morgan fingerprint density at radius 1 is 1.39 bits per heavy atom. The van der Waals surface area contributed by atoms with Gasteiger partial charge in [0.2, 0.25) is 22.8 Å². The molecule has 0 aromatic carbocycles. The van der Waals surface area contributed by atoms with E-state index in [1.807, 2.05) is 13.0 Å². The normalized spacial score (nSPS) is 18.0. The SMILES string of the molecule is CC(=O)N1CCCC[C@H]1C(=O)Nc1nc(-c2ccc(C)o2)ns1. The van der Waals surface area contributed by atoms with E-state index >= 15 is 0 Å². The van der Waals surface area contributed by atoms with Gasteiger partial charge in [0.1, 0.15) is 11.8 Å². The minimum absolute atomic E-state index is 0.0751. The maximum atomic E-state index is 12.4. The second kappa shape index (κ2) is 6.49. The number of hydrogen-bond acceptors (Lipinski definition) is 6. The van der Waals surface area contributed by atoms with Crippen LogP contribution < -0.4 is 5.32 Å². The zero-order valence-corrected chi connectivity index (χ0v) is 13.9. The summed E-state index contributed by atoms with van der Waals surface area (Å²) in [4.78, 5) is 30.0. The number of carbonyl (C=O) groups excluding carboxylic acids is 2. The molecule has 3 rings (SSSR count). The number of hydrogen-bond donors (Lipinski definition) is 1. The molecule has 0 saturated carbocycles. The lowest BCUT2D eigenvalue weighted by Crippen LogP contribution is -2.49. The van der Waals surface area contributed by atoms with E-state index in [1.54, 1.807) is 11.0 Å². The number of nitrogens with zero attached hydrogens (tertiary/aromatic N) is 3. The van der Waals surface area contributed by atoms with Gasteiger partial charge in [0, 0.05) is 25.0 Å². The first-order valence-corrected chi connectivity index (χ1v) is 8.30. The Morgan fingerprint density at radius 3 is 2.91 bits per heavy atom. The molecule has 3 heterocycles. The average Bonchev–Trinajstić information content (AvgIpc) is 3.16. The molecule has 2 aromatic rings. The van der Waals surface area contributed by atoms with Gasteiger partial charge in [-0.15, -0.1) is 0 Å². The summed E-state index contributed by atoms with van der Waals surface area (Å²) < 4.78 is 9.66. The van der Waals surface area contributed by atoms with Gasteiger partial charge in [-0.2, -0.15) is 9.36 Å². The molecule has 1 fully saturated rings. The van der Waals surface area contributed by atoms with Crippen molar-refractivity contribution in [1.29, 1.82) is 0 Å². The molecule has 2 aromatic heterocycles. The van der Waals surface area contributed by atoms with E-state index in [1.165, 1.54) is 6.92 Å². The van der Waals surface area contributed by atoms with E-state index in [9.17, 15) is 9.59 Å². The molecule has 1 N–H and O–H groups in total. The summed E-state index contributed by atoms with van der Waals surface area (Å²) in [5.74, 6) is 1.51. The van der Waals surface area contributed by atoms with Crippen molar-refractivity contribution in [3.63, 3.8) is 0 Å². The summed E-state index contributed by atoms with van der Waals surface area (Å²) in [5, 5.41) is 3.17. The highest BCUT2D eigenvalue weighted by Gasteiger charge is 2.30. The topological polar surface area (TPSA) is 88.3 Å². The first-order valence-electron chi connectivity index (χ1n) is 7.53. The van der Waals surface area contributed by atoms with Crippen LogP contribution in [0.15, 0.2) is 16.5 Å². The van der Waals surface area contributed by atoms with Crippen molar-refractivity contribution >= 4 is 28.5 Å². The van der Waals surface area contributed by atoms with Crippen LogP contribution in [0.4, 0.5) is 5.13 Å². The molecule has 0 bridgehead atoms. The predicted molar refractivity (Wildman–Crippen MR) is 86.0 cm³/mol. The highest BCUT2D eigenvalue weighted by molar-refractivity contribution is 7.10. The van der Waals surface area contributed by atoms with Crippen LogP contribution >= 0.6 is 11.5 Å². The van der Waals surface area contributed by atoms with Crippen molar-refractivity contribution in [1.82, 2.24) is 14.3 Å². The second-order valence-electron chi connectivity index (χ2n) is 5.55. The van der Waals surface area contributed by atoms with Gasteiger partial charge in [-0.05, 0) is 38.3 Å². The van der Waals surface area contributed by atoms with Crippen molar-refractivity contribution in [3.05, 3.63) is 17.9 Å². The van der Waals surface area contributed by atoms with Crippen LogP contribution in [0.25, 0.3) is 11.6 Å². The van der Waals surface area contributed by atoms with Gasteiger partial charge in [-0.25, -0.2) is 0 Å². The first kappa shape index (κ1) is 15.7. The lowest BCUT2D eigenvalue weighted by atomic mass is 10.0. The Labute approximate surface area is 137 Å². The minimum atomic E-state index is -0.431. The average molecular weight is 334 g/mol. The van der Waals surface area contributed by atoms with Gasteiger partial charge >= 0.3 is 0 Å². The number of piperidine rings is 1. The molecule has 1 saturated heterocycles. The van der Waals surface area contributed by atoms with Crippen molar-refractivity contribution in [3.8, 4) is 11.6 Å². The number of aromatic nitrogens is 2. The third-order valence-electron chi connectivity index (χ3n) is 3.83. The number of furan rings is 1. The van der Waals surface area contributed by atoms with Crippen LogP contribution in [0.2, 0.25) is 0 Å². The Kier molecular flexibility index (Phi) is 4.42. The number of carbonyl (C=O) groups is 2. The first-order chi connectivity index (χ1) is 11.0. The number of rotatable bonds is 3. The third-order valence-corrected chi connectivity index (χ3v) is 4.46. The van der Waals surface area contributed by atoms with E-state index in [0.29, 0.717) is 29.7 Å². The standard InChI is InChI=1S/C15H18N4O3S/c1-9-6-7-12(22-9)13-16-15(23-18-13)17-14(21)11-5-3-4-8-19(11)10(2)20/h6-7,11H,3-5,8H2,1-2H3,(H,16,17,18,21)/t11-/m0/s1. The fourth-order valence-electron chi connectivity index (χ4n) is 2.70. The van der Waals surface area contributed by atoms with Crippen LogP contribution in [0.3, 0.4) is 0 Å². The van der Waals surface area contributed by atoms with E-state index in [-0.39, 0.29) is 11.8 Å². The Morgan fingerprint density at radius 2 is 2.22 bits per heavy atom. The largest absolute Gasteiger partial charge is 0.458 e. The summed E-state index contributed by atoms with van der Waals surface area (Å²) >= 11 is 1.10. The van der Waals surface area contributed by atoms with Crippen LogP contribution in [0, 0.1) is 6.92 Å². The third kappa shape index (κ3) is 3.42. The zero-order chi connectivity index (χ0) is 16.4. The molecule has 1 aliphatic heterocycles. The number of aryl methyl sites for hydroxylation is 1. The summed E-state index contributed by atoms with van der Waals surface area (Å²) in [5.41, 5.74) is 0.